The maximum atomic E-state index is 8.10. The van der Waals surface area contributed by atoms with Gasteiger partial charge in [0.05, 0.1) is 0 Å². The summed E-state index contributed by atoms with van der Waals surface area (Å²) >= 11 is 0.712. The Labute approximate surface area is 49.9 Å². The smallest absolute Gasteiger partial charge is 0.249 e. The predicted molar refractivity (Wildman–Crippen MR) is 39.6 cm³/mol. The molecule has 0 aromatic carbocycles. The molecule has 0 aromatic rings. The lowest BCUT2D eigenvalue weighted by Gasteiger charge is -1.81. The van der Waals surface area contributed by atoms with Crippen molar-refractivity contribution in [2.45, 2.75) is 0 Å². The summed E-state index contributed by atoms with van der Waals surface area (Å²) in [5.74, 6) is 0. The highest BCUT2D eigenvalue weighted by Gasteiger charge is 1.94. The largest absolute Gasteiger partial charge is 0.324 e. The molecule has 0 rings (SSSR count). The zero-order valence-corrected chi connectivity index (χ0v) is 6.63. The summed E-state index contributed by atoms with van der Waals surface area (Å²) in [5.41, 5.74) is 0. The molecular formula is C2H7O2P2S+. The topological polar surface area (TPSA) is 29.5 Å². The van der Waals surface area contributed by atoms with Crippen LogP contribution in [-0.4, -0.2) is 17.5 Å². The molecule has 0 amide bonds. The minimum absolute atomic E-state index is 0.134. The molecular weight excluding hydrogens is 150 g/mol. The SMILES string of the molecule is C=[P+](C)OPSO. The molecule has 0 aromatic heterocycles. The van der Waals surface area contributed by atoms with Crippen molar-refractivity contribution < 1.29 is 8.86 Å². The summed E-state index contributed by atoms with van der Waals surface area (Å²) in [6.07, 6.45) is 3.60. The molecule has 1 N–H and O–H groups in total. The molecule has 0 fully saturated rings. The van der Waals surface area contributed by atoms with Crippen molar-refractivity contribution in [3.8, 4) is 0 Å². The summed E-state index contributed by atoms with van der Waals surface area (Å²) in [5, 5.41) is 0. The van der Waals surface area contributed by atoms with Crippen LogP contribution in [0.2, 0.25) is 0 Å². The first-order valence-corrected chi connectivity index (χ1v) is 5.84. The average molecular weight is 157 g/mol. The van der Waals surface area contributed by atoms with Crippen molar-refractivity contribution in [1.82, 2.24) is 0 Å². The van der Waals surface area contributed by atoms with E-state index in [4.69, 9.17) is 8.86 Å². The second-order valence-electron chi connectivity index (χ2n) is 0.894. The zero-order chi connectivity index (χ0) is 5.70. The van der Waals surface area contributed by atoms with Crippen molar-refractivity contribution in [3.05, 3.63) is 0 Å². The van der Waals surface area contributed by atoms with Crippen LogP contribution in [-0.2, 0) is 4.31 Å². The van der Waals surface area contributed by atoms with E-state index in [9.17, 15) is 0 Å². The van der Waals surface area contributed by atoms with Gasteiger partial charge < -0.3 is 4.55 Å². The van der Waals surface area contributed by atoms with E-state index in [1.807, 2.05) is 6.66 Å². The standard InChI is InChI=1S/C2H6O2P2S/c1-6(2)4-5-7-3/h5H,1H2,2H3/p+1. The highest BCUT2D eigenvalue weighted by atomic mass is 32.7. The van der Waals surface area contributed by atoms with Gasteiger partial charge in [-0.05, 0) is 0 Å². The van der Waals surface area contributed by atoms with Crippen LogP contribution in [0.1, 0.15) is 0 Å². The van der Waals surface area contributed by atoms with Gasteiger partial charge in [-0.15, -0.1) is 0 Å². The van der Waals surface area contributed by atoms with E-state index >= 15 is 0 Å². The Morgan fingerprint density at radius 2 is 2.57 bits per heavy atom. The fourth-order valence-corrected chi connectivity index (χ4v) is 2.17. The van der Waals surface area contributed by atoms with E-state index in [2.05, 4.69) is 6.30 Å². The Hall–Kier alpha value is 0.870. The zero-order valence-electron chi connectivity index (χ0n) is 3.92. The van der Waals surface area contributed by atoms with Gasteiger partial charge in [-0.2, -0.15) is 4.31 Å². The molecule has 0 saturated heterocycles. The van der Waals surface area contributed by atoms with E-state index in [0.717, 1.165) is 0 Å². The highest BCUT2D eigenvalue weighted by Crippen LogP contribution is 2.36. The van der Waals surface area contributed by atoms with Gasteiger partial charge in [-0.3, -0.25) is 0 Å². The molecule has 2 atom stereocenters. The minimum Gasteiger partial charge on any atom is -0.324 e. The van der Waals surface area contributed by atoms with Crippen molar-refractivity contribution >= 4 is 33.7 Å². The lowest BCUT2D eigenvalue weighted by molar-refractivity contribution is 0.668. The van der Waals surface area contributed by atoms with Crippen LogP contribution in [0.25, 0.3) is 0 Å². The fraction of sp³-hybridized carbons (Fsp3) is 0.500. The van der Waals surface area contributed by atoms with E-state index in [1.165, 1.54) is 0 Å². The Kier molecular flexibility index (Phi) is 5.64. The number of rotatable bonds is 3. The van der Waals surface area contributed by atoms with Crippen LogP contribution in [0.15, 0.2) is 0 Å². The molecule has 0 saturated carbocycles. The summed E-state index contributed by atoms with van der Waals surface area (Å²) in [6.45, 7) is 1.89. The van der Waals surface area contributed by atoms with Crippen LogP contribution >= 0.6 is 27.4 Å². The van der Waals surface area contributed by atoms with Crippen LogP contribution in [0.4, 0.5) is 0 Å². The average Bonchev–Trinajstić information content (AvgIpc) is 1.61. The molecule has 7 heavy (non-hydrogen) atoms. The number of hydrogen-bond acceptors (Lipinski definition) is 3. The van der Waals surface area contributed by atoms with Gasteiger partial charge in [0.25, 0.3) is 0 Å². The maximum Gasteiger partial charge on any atom is 0.249 e. The third kappa shape index (κ3) is 6.87. The van der Waals surface area contributed by atoms with Gasteiger partial charge in [-0.1, -0.05) is 0 Å². The molecule has 0 aliphatic carbocycles. The summed E-state index contributed by atoms with van der Waals surface area (Å²) in [6, 6.07) is 0. The molecule has 0 aliphatic rings. The van der Waals surface area contributed by atoms with Crippen LogP contribution in [0, 0.1) is 0 Å². The summed E-state index contributed by atoms with van der Waals surface area (Å²) in [7, 11) is -0.391. The third-order valence-electron chi connectivity index (χ3n) is 0.230. The van der Waals surface area contributed by atoms with Crippen LogP contribution in [0.5, 0.6) is 0 Å². The Morgan fingerprint density at radius 1 is 2.00 bits per heavy atom. The quantitative estimate of drug-likeness (QED) is 0.502. The minimum atomic E-state index is -0.525. The molecule has 0 spiro atoms. The summed E-state index contributed by atoms with van der Waals surface area (Å²) < 4.78 is 13.0. The molecule has 0 radical (unpaired) electrons. The monoisotopic (exact) mass is 157 g/mol. The summed E-state index contributed by atoms with van der Waals surface area (Å²) in [4.78, 5) is 0. The maximum absolute atomic E-state index is 8.10. The van der Waals surface area contributed by atoms with Gasteiger partial charge in [-0.25, -0.2) is 0 Å². The van der Waals surface area contributed by atoms with Gasteiger partial charge in [0.1, 0.15) is 13.0 Å². The second-order valence-corrected chi connectivity index (χ2v) is 4.28. The number of hydrogen-bond donors (Lipinski definition) is 1. The molecule has 42 valence electrons. The molecule has 2 nitrogen and oxygen atoms in total. The lowest BCUT2D eigenvalue weighted by atomic mass is 11.9. The first-order valence-electron chi connectivity index (χ1n) is 1.54. The first-order chi connectivity index (χ1) is 3.27. The van der Waals surface area contributed by atoms with E-state index < -0.39 is 7.77 Å². The van der Waals surface area contributed by atoms with Gasteiger partial charge in [0.2, 0.25) is 7.77 Å². The van der Waals surface area contributed by atoms with Crippen LogP contribution < -0.4 is 0 Å². The Balaban J connectivity index is 2.82. The third-order valence-corrected chi connectivity index (χ3v) is 2.74. The molecule has 0 aliphatic heterocycles. The van der Waals surface area contributed by atoms with Crippen LogP contribution in [0.3, 0.4) is 0 Å². The molecule has 5 heteroatoms. The van der Waals surface area contributed by atoms with Crippen molar-refractivity contribution in [2.75, 3.05) is 6.66 Å². The molecule has 2 unspecified atom stereocenters. The van der Waals surface area contributed by atoms with E-state index in [-0.39, 0.29) is 8.01 Å². The first kappa shape index (κ1) is 7.87. The molecule has 0 bridgehead atoms. The van der Waals surface area contributed by atoms with Crippen molar-refractivity contribution in [3.63, 3.8) is 0 Å². The predicted octanol–water partition coefficient (Wildman–Crippen LogP) is 2.18. The molecule has 0 heterocycles. The fourth-order valence-electron chi connectivity index (χ4n) is 0.0803. The Morgan fingerprint density at radius 3 is 2.71 bits per heavy atom. The van der Waals surface area contributed by atoms with E-state index in [0.29, 0.717) is 11.7 Å². The normalized spacial score (nSPS) is 13.1. The second kappa shape index (κ2) is 5.02. The van der Waals surface area contributed by atoms with Gasteiger partial charge >= 0.3 is 0 Å². The van der Waals surface area contributed by atoms with Crippen molar-refractivity contribution in [2.24, 2.45) is 0 Å². The van der Waals surface area contributed by atoms with Gasteiger partial charge in [0, 0.05) is 11.7 Å². The highest BCUT2D eigenvalue weighted by molar-refractivity contribution is 8.45. The van der Waals surface area contributed by atoms with Crippen molar-refractivity contribution in [1.29, 1.82) is 0 Å². The Bertz CT molecular complexity index is 66.7. The van der Waals surface area contributed by atoms with E-state index in [1.54, 1.807) is 0 Å². The van der Waals surface area contributed by atoms with Gasteiger partial charge in [0.15, 0.2) is 8.01 Å². The lowest BCUT2D eigenvalue weighted by Crippen LogP contribution is -1.51.